The maximum Gasteiger partial charge on any atom is 0.270 e. The standard InChI is InChI=1S/C19H18FN3O3/c20-16-3-1-15(2-4-16)19(7-9-26-10-8-19)13-22-18-6-5-17(23(24)25)11-14(18)12-21/h1-6,11,22H,7-10,13H2. The van der Waals surface area contributed by atoms with E-state index >= 15 is 0 Å². The van der Waals surface area contributed by atoms with Gasteiger partial charge in [0, 0.05) is 37.3 Å². The Kier molecular flexibility index (Phi) is 5.14. The fourth-order valence-corrected chi connectivity index (χ4v) is 3.29. The zero-order valence-electron chi connectivity index (χ0n) is 14.1. The molecule has 2 aromatic rings. The van der Waals surface area contributed by atoms with Crippen molar-refractivity contribution in [2.45, 2.75) is 18.3 Å². The van der Waals surface area contributed by atoms with Crippen LogP contribution in [-0.4, -0.2) is 24.7 Å². The lowest BCUT2D eigenvalue weighted by Gasteiger charge is -2.38. The molecule has 0 unspecified atom stereocenters. The van der Waals surface area contributed by atoms with Crippen molar-refractivity contribution in [3.8, 4) is 6.07 Å². The summed E-state index contributed by atoms with van der Waals surface area (Å²) in [7, 11) is 0. The number of non-ortho nitro benzene ring substituents is 1. The van der Waals surface area contributed by atoms with E-state index in [1.807, 2.05) is 6.07 Å². The number of nitro benzene ring substituents is 1. The predicted molar refractivity (Wildman–Crippen MR) is 94.4 cm³/mol. The Morgan fingerprint density at radius 3 is 2.54 bits per heavy atom. The Morgan fingerprint density at radius 2 is 1.92 bits per heavy atom. The molecule has 7 heteroatoms. The molecule has 1 aliphatic heterocycles. The zero-order chi connectivity index (χ0) is 18.6. The minimum absolute atomic E-state index is 0.119. The summed E-state index contributed by atoms with van der Waals surface area (Å²) in [6.07, 6.45) is 1.53. The maximum atomic E-state index is 13.3. The van der Waals surface area contributed by atoms with E-state index in [0.717, 1.165) is 18.4 Å². The van der Waals surface area contributed by atoms with Crippen LogP contribution in [-0.2, 0) is 10.2 Å². The van der Waals surface area contributed by atoms with Crippen molar-refractivity contribution >= 4 is 11.4 Å². The Labute approximate surface area is 150 Å². The van der Waals surface area contributed by atoms with Gasteiger partial charge in [-0.1, -0.05) is 12.1 Å². The highest BCUT2D eigenvalue weighted by Gasteiger charge is 2.34. The average molecular weight is 355 g/mol. The summed E-state index contributed by atoms with van der Waals surface area (Å²) in [6, 6.07) is 12.6. The highest BCUT2D eigenvalue weighted by molar-refractivity contribution is 5.61. The van der Waals surface area contributed by atoms with Gasteiger partial charge in [0.05, 0.1) is 16.2 Å². The summed E-state index contributed by atoms with van der Waals surface area (Å²) in [5, 5.41) is 23.4. The van der Waals surface area contributed by atoms with E-state index in [2.05, 4.69) is 5.32 Å². The molecule has 134 valence electrons. The molecular formula is C19H18FN3O3. The summed E-state index contributed by atoms with van der Waals surface area (Å²) < 4.78 is 18.8. The van der Waals surface area contributed by atoms with Crippen LogP contribution in [0.25, 0.3) is 0 Å². The van der Waals surface area contributed by atoms with E-state index in [0.29, 0.717) is 25.4 Å². The van der Waals surface area contributed by atoms with Crippen molar-refractivity contribution in [3.63, 3.8) is 0 Å². The molecule has 0 saturated carbocycles. The van der Waals surface area contributed by atoms with Crippen molar-refractivity contribution in [1.82, 2.24) is 0 Å². The van der Waals surface area contributed by atoms with Crippen LogP contribution in [0.2, 0.25) is 0 Å². The monoisotopic (exact) mass is 355 g/mol. The van der Waals surface area contributed by atoms with E-state index < -0.39 is 4.92 Å². The molecule has 1 N–H and O–H groups in total. The molecule has 0 atom stereocenters. The van der Waals surface area contributed by atoms with Crippen LogP contribution >= 0.6 is 0 Å². The van der Waals surface area contributed by atoms with Crippen molar-refractivity contribution < 1.29 is 14.1 Å². The van der Waals surface area contributed by atoms with Crippen molar-refractivity contribution in [2.24, 2.45) is 0 Å². The second kappa shape index (κ2) is 7.50. The zero-order valence-corrected chi connectivity index (χ0v) is 14.1. The third-order valence-corrected chi connectivity index (χ3v) is 4.86. The van der Waals surface area contributed by atoms with Crippen LogP contribution in [0.4, 0.5) is 15.8 Å². The number of benzene rings is 2. The molecule has 0 spiro atoms. The number of halogens is 1. The van der Waals surface area contributed by atoms with Gasteiger partial charge in [0.25, 0.3) is 5.69 Å². The van der Waals surface area contributed by atoms with Gasteiger partial charge in [-0.15, -0.1) is 0 Å². The fourth-order valence-electron chi connectivity index (χ4n) is 3.29. The van der Waals surface area contributed by atoms with Crippen LogP contribution in [0, 0.1) is 27.3 Å². The van der Waals surface area contributed by atoms with Gasteiger partial charge in [-0.05, 0) is 36.6 Å². The second-order valence-electron chi connectivity index (χ2n) is 6.35. The third kappa shape index (κ3) is 3.65. The highest BCUT2D eigenvalue weighted by atomic mass is 19.1. The Balaban J connectivity index is 1.86. The summed E-state index contributed by atoms with van der Waals surface area (Å²) in [5.41, 5.74) is 1.41. The maximum absolute atomic E-state index is 13.3. The molecule has 0 radical (unpaired) electrons. The molecule has 3 rings (SSSR count). The van der Waals surface area contributed by atoms with Crippen LogP contribution in [0.15, 0.2) is 42.5 Å². The molecule has 2 aromatic carbocycles. The first-order valence-electron chi connectivity index (χ1n) is 8.30. The molecule has 26 heavy (non-hydrogen) atoms. The van der Waals surface area contributed by atoms with Crippen molar-refractivity contribution in [1.29, 1.82) is 5.26 Å². The Bertz CT molecular complexity index is 840. The van der Waals surface area contributed by atoms with Gasteiger partial charge in [-0.25, -0.2) is 4.39 Å². The van der Waals surface area contributed by atoms with Crippen LogP contribution < -0.4 is 5.32 Å². The third-order valence-electron chi connectivity index (χ3n) is 4.86. The van der Waals surface area contributed by atoms with Crippen LogP contribution in [0.1, 0.15) is 24.0 Å². The minimum atomic E-state index is -0.525. The molecule has 1 aliphatic rings. The fraction of sp³-hybridized carbons (Fsp3) is 0.316. The van der Waals surface area contributed by atoms with E-state index in [1.54, 1.807) is 18.2 Å². The molecule has 6 nitrogen and oxygen atoms in total. The van der Waals surface area contributed by atoms with Crippen LogP contribution in [0.5, 0.6) is 0 Å². The summed E-state index contributed by atoms with van der Waals surface area (Å²) >= 11 is 0. The Hall–Kier alpha value is -2.98. The average Bonchev–Trinajstić information content (AvgIpc) is 2.67. The number of nitro groups is 1. The van der Waals surface area contributed by atoms with E-state index in [1.165, 1.54) is 24.3 Å². The van der Waals surface area contributed by atoms with Gasteiger partial charge in [-0.3, -0.25) is 10.1 Å². The number of nitriles is 1. The molecule has 0 aliphatic carbocycles. The number of ether oxygens (including phenoxy) is 1. The lowest BCUT2D eigenvalue weighted by atomic mass is 9.74. The smallest absolute Gasteiger partial charge is 0.270 e. The number of nitrogens with one attached hydrogen (secondary N) is 1. The molecule has 0 aromatic heterocycles. The van der Waals surface area contributed by atoms with Gasteiger partial charge >= 0.3 is 0 Å². The molecule has 1 heterocycles. The molecule has 1 fully saturated rings. The van der Waals surface area contributed by atoms with E-state index in [-0.39, 0.29) is 22.5 Å². The topological polar surface area (TPSA) is 88.2 Å². The lowest BCUT2D eigenvalue weighted by molar-refractivity contribution is -0.384. The van der Waals surface area contributed by atoms with Gasteiger partial charge in [0.2, 0.25) is 0 Å². The molecule has 1 saturated heterocycles. The largest absolute Gasteiger partial charge is 0.383 e. The van der Waals surface area contributed by atoms with Crippen LogP contribution in [0.3, 0.4) is 0 Å². The first-order chi connectivity index (χ1) is 12.5. The molecule has 0 bridgehead atoms. The number of hydrogen-bond acceptors (Lipinski definition) is 5. The first-order valence-corrected chi connectivity index (χ1v) is 8.30. The summed E-state index contributed by atoms with van der Waals surface area (Å²) in [6.45, 7) is 1.73. The van der Waals surface area contributed by atoms with Gasteiger partial charge in [-0.2, -0.15) is 5.26 Å². The second-order valence-corrected chi connectivity index (χ2v) is 6.35. The summed E-state index contributed by atoms with van der Waals surface area (Å²) in [4.78, 5) is 10.4. The quantitative estimate of drug-likeness (QED) is 0.651. The van der Waals surface area contributed by atoms with E-state index in [4.69, 9.17) is 4.74 Å². The lowest BCUT2D eigenvalue weighted by Crippen LogP contribution is -2.40. The van der Waals surface area contributed by atoms with E-state index in [9.17, 15) is 19.8 Å². The van der Waals surface area contributed by atoms with Gasteiger partial charge in [0.15, 0.2) is 0 Å². The molecule has 0 amide bonds. The normalized spacial score (nSPS) is 15.8. The molecular weight excluding hydrogens is 337 g/mol. The van der Waals surface area contributed by atoms with Gasteiger partial charge in [0.1, 0.15) is 11.9 Å². The first kappa shape index (κ1) is 17.8. The van der Waals surface area contributed by atoms with Crippen molar-refractivity contribution in [3.05, 3.63) is 69.5 Å². The minimum Gasteiger partial charge on any atom is -0.383 e. The number of hydrogen-bond donors (Lipinski definition) is 1. The SMILES string of the molecule is N#Cc1cc([N+](=O)[O-])ccc1NCC1(c2ccc(F)cc2)CCOCC1. The highest BCUT2D eigenvalue weighted by Crippen LogP contribution is 2.35. The van der Waals surface area contributed by atoms with Gasteiger partial charge < -0.3 is 10.1 Å². The predicted octanol–water partition coefficient (Wildman–Crippen LogP) is 3.77. The Morgan fingerprint density at radius 1 is 1.23 bits per heavy atom. The van der Waals surface area contributed by atoms with Crippen molar-refractivity contribution in [2.75, 3.05) is 25.1 Å². The number of rotatable bonds is 5. The number of anilines is 1. The number of nitrogens with zero attached hydrogens (tertiary/aromatic N) is 2. The summed E-state index contributed by atoms with van der Waals surface area (Å²) in [5.74, 6) is -0.286.